The minimum Gasteiger partial charge on any atom is -0.351 e. The molecule has 1 saturated heterocycles. The largest absolute Gasteiger partial charge is 0.351 e. The van der Waals surface area contributed by atoms with E-state index in [-0.39, 0.29) is 0 Å². The summed E-state index contributed by atoms with van der Waals surface area (Å²) in [6.45, 7) is 1.93. The van der Waals surface area contributed by atoms with Gasteiger partial charge in [-0.15, -0.1) is 10.2 Å². The number of piperazine rings is 1. The van der Waals surface area contributed by atoms with Crippen LogP contribution in [0.15, 0.2) is 59.8 Å². The van der Waals surface area contributed by atoms with Gasteiger partial charge < -0.3 is 4.90 Å². The van der Waals surface area contributed by atoms with Crippen molar-refractivity contribution in [1.29, 1.82) is 0 Å². The third-order valence-corrected chi connectivity index (χ3v) is 8.07. The Morgan fingerprint density at radius 1 is 0.903 bits per heavy atom. The third kappa shape index (κ3) is 3.16. The zero-order chi connectivity index (χ0) is 21.0. The van der Waals surface area contributed by atoms with Crippen molar-refractivity contribution in [2.45, 2.75) is 23.7 Å². The van der Waals surface area contributed by atoms with Crippen LogP contribution in [0, 0.1) is 0 Å². The van der Waals surface area contributed by atoms with E-state index in [1.54, 1.807) is 22.6 Å². The van der Waals surface area contributed by atoms with Gasteiger partial charge in [0.15, 0.2) is 5.82 Å². The summed E-state index contributed by atoms with van der Waals surface area (Å²) in [5, 5.41) is 10.7. The van der Waals surface area contributed by atoms with Crippen molar-refractivity contribution in [3.05, 3.63) is 60.7 Å². The van der Waals surface area contributed by atoms with Gasteiger partial charge in [-0.2, -0.15) is 4.31 Å². The van der Waals surface area contributed by atoms with Crippen LogP contribution in [0.5, 0.6) is 0 Å². The molecule has 8 nitrogen and oxygen atoms in total. The average Bonchev–Trinajstić information content (AvgIpc) is 3.56. The monoisotopic (exact) mass is 434 g/mol. The summed E-state index contributed by atoms with van der Waals surface area (Å²) < 4.78 is 30.1. The molecule has 0 radical (unpaired) electrons. The molecule has 0 spiro atoms. The van der Waals surface area contributed by atoms with Crippen molar-refractivity contribution >= 4 is 32.3 Å². The van der Waals surface area contributed by atoms with E-state index in [0.29, 0.717) is 37.0 Å². The maximum atomic E-state index is 13.2. The van der Waals surface area contributed by atoms with Gasteiger partial charge in [0.2, 0.25) is 15.7 Å². The molecule has 2 aromatic carbocycles. The summed E-state index contributed by atoms with van der Waals surface area (Å²) in [6, 6.07) is 13.1. The van der Waals surface area contributed by atoms with E-state index in [9.17, 15) is 8.42 Å². The summed E-state index contributed by atoms with van der Waals surface area (Å²) in [5.41, 5.74) is 0.746. The van der Waals surface area contributed by atoms with Gasteiger partial charge >= 0.3 is 0 Å². The lowest BCUT2D eigenvalue weighted by Gasteiger charge is -2.34. The number of hydrogen-bond donors (Lipinski definition) is 0. The summed E-state index contributed by atoms with van der Waals surface area (Å²) in [6.07, 6.45) is 6.00. The van der Waals surface area contributed by atoms with Crippen LogP contribution >= 0.6 is 0 Å². The third-order valence-electron chi connectivity index (χ3n) is 6.17. The standard InChI is InChI=1S/C22H22N6O2S/c29-31(30,19-8-7-16-3-1-2-4-18(16)15-19)27-13-11-26(12-14-27)21-22-25-24-20(17-5-6-17)28(22)10-9-23-21/h1-4,7-10,15,17H,5-6,11-14H2. The van der Waals surface area contributed by atoms with Crippen molar-refractivity contribution in [3.63, 3.8) is 0 Å². The van der Waals surface area contributed by atoms with Crippen molar-refractivity contribution in [3.8, 4) is 0 Å². The normalized spacial score (nSPS) is 18.1. The lowest BCUT2D eigenvalue weighted by atomic mass is 10.1. The van der Waals surface area contributed by atoms with E-state index in [4.69, 9.17) is 0 Å². The Morgan fingerprint density at radius 3 is 2.45 bits per heavy atom. The highest BCUT2D eigenvalue weighted by Crippen LogP contribution is 2.39. The fourth-order valence-electron chi connectivity index (χ4n) is 4.29. The molecule has 2 fully saturated rings. The van der Waals surface area contributed by atoms with E-state index in [0.717, 1.165) is 40.9 Å². The summed E-state index contributed by atoms with van der Waals surface area (Å²) >= 11 is 0. The van der Waals surface area contributed by atoms with E-state index in [1.165, 1.54) is 0 Å². The Bertz CT molecular complexity index is 1390. The topological polar surface area (TPSA) is 83.7 Å². The maximum Gasteiger partial charge on any atom is 0.243 e. The molecule has 31 heavy (non-hydrogen) atoms. The minimum absolute atomic E-state index is 0.339. The zero-order valence-electron chi connectivity index (χ0n) is 16.9. The smallest absolute Gasteiger partial charge is 0.243 e. The number of aromatic nitrogens is 4. The number of benzene rings is 2. The Labute approximate surface area is 180 Å². The molecule has 3 heterocycles. The van der Waals surface area contributed by atoms with Gasteiger partial charge in [-0.05, 0) is 35.7 Å². The molecule has 0 atom stereocenters. The quantitative estimate of drug-likeness (QED) is 0.491. The second-order valence-electron chi connectivity index (χ2n) is 8.18. The van der Waals surface area contributed by atoms with Gasteiger partial charge in [0.05, 0.1) is 4.90 Å². The number of sulfonamides is 1. The number of anilines is 1. The molecule has 0 amide bonds. The van der Waals surface area contributed by atoms with E-state index < -0.39 is 10.0 Å². The predicted molar refractivity (Wildman–Crippen MR) is 118 cm³/mol. The van der Waals surface area contributed by atoms with Crippen molar-refractivity contribution in [1.82, 2.24) is 23.9 Å². The molecule has 2 aromatic heterocycles. The first kappa shape index (κ1) is 18.7. The second-order valence-corrected chi connectivity index (χ2v) is 10.1. The van der Waals surface area contributed by atoms with E-state index in [1.807, 2.05) is 40.9 Å². The van der Waals surface area contributed by atoms with Crippen LogP contribution in [0.4, 0.5) is 5.82 Å². The molecule has 9 heteroatoms. The molecule has 1 aliphatic carbocycles. The summed E-state index contributed by atoms with van der Waals surface area (Å²) in [5.74, 6) is 2.26. The molecular weight excluding hydrogens is 412 g/mol. The minimum atomic E-state index is -3.55. The molecular formula is C22H22N6O2S. The summed E-state index contributed by atoms with van der Waals surface area (Å²) in [4.78, 5) is 6.98. The van der Waals surface area contributed by atoms with Crippen LogP contribution in [0.3, 0.4) is 0 Å². The highest BCUT2D eigenvalue weighted by molar-refractivity contribution is 7.89. The maximum absolute atomic E-state index is 13.2. The zero-order valence-corrected chi connectivity index (χ0v) is 17.7. The number of rotatable bonds is 4. The SMILES string of the molecule is O=S(=O)(c1ccc2ccccc2c1)N1CCN(c2nccn3c(C4CC4)nnc23)CC1. The first-order chi connectivity index (χ1) is 15.1. The molecule has 6 rings (SSSR count). The van der Waals surface area contributed by atoms with Gasteiger partial charge in [-0.3, -0.25) is 4.40 Å². The lowest BCUT2D eigenvalue weighted by Crippen LogP contribution is -2.49. The van der Waals surface area contributed by atoms with Crippen LogP contribution in [-0.4, -0.2) is 58.5 Å². The van der Waals surface area contributed by atoms with Crippen LogP contribution in [0.25, 0.3) is 16.4 Å². The average molecular weight is 435 g/mol. The van der Waals surface area contributed by atoms with E-state index in [2.05, 4.69) is 20.1 Å². The van der Waals surface area contributed by atoms with Gasteiger partial charge in [0.25, 0.3) is 0 Å². The van der Waals surface area contributed by atoms with E-state index >= 15 is 0 Å². The molecule has 158 valence electrons. The van der Waals surface area contributed by atoms with Gasteiger partial charge in [-0.1, -0.05) is 30.3 Å². The molecule has 0 N–H and O–H groups in total. The highest BCUT2D eigenvalue weighted by atomic mass is 32.2. The lowest BCUT2D eigenvalue weighted by molar-refractivity contribution is 0.384. The molecule has 4 aromatic rings. The molecule has 0 unspecified atom stereocenters. The first-order valence-electron chi connectivity index (χ1n) is 10.5. The molecule has 0 bridgehead atoms. The number of hydrogen-bond acceptors (Lipinski definition) is 6. The Hall–Kier alpha value is -3.04. The van der Waals surface area contributed by atoms with Crippen LogP contribution in [0.2, 0.25) is 0 Å². The van der Waals surface area contributed by atoms with Gasteiger partial charge in [-0.25, -0.2) is 13.4 Å². The molecule has 2 aliphatic rings. The van der Waals surface area contributed by atoms with Crippen LogP contribution < -0.4 is 4.90 Å². The van der Waals surface area contributed by atoms with Crippen molar-refractivity contribution < 1.29 is 8.42 Å². The molecule has 1 aliphatic heterocycles. The number of fused-ring (bicyclic) bond motifs is 2. The van der Waals surface area contributed by atoms with Gasteiger partial charge in [0, 0.05) is 44.5 Å². The summed E-state index contributed by atoms with van der Waals surface area (Å²) in [7, 11) is -3.55. The van der Waals surface area contributed by atoms with Crippen LogP contribution in [0.1, 0.15) is 24.6 Å². The molecule has 1 saturated carbocycles. The number of nitrogens with zero attached hydrogens (tertiary/aromatic N) is 6. The fourth-order valence-corrected chi connectivity index (χ4v) is 5.75. The van der Waals surface area contributed by atoms with Crippen LogP contribution in [-0.2, 0) is 10.0 Å². The fraction of sp³-hybridized carbons (Fsp3) is 0.318. The van der Waals surface area contributed by atoms with Crippen molar-refractivity contribution in [2.24, 2.45) is 0 Å². The van der Waals surface area contributed by atoms with Crippen molar-refractivity contribution in [2.75, 3.05) is 31.1 Å². The Morgan fingerprint density at radius 2 is 1.68 bits per heavy atom. The predicted octanol–water partition coefficient (Wildman–Crippen LogP) is 2.67. The Kier molecular flexibility index (Phi) is 4.22. The second kappa shape index (κ2) is 7.00. The highest BCUT2D eigenvalue weighted by Gasteiger charge is 2.32. The van der Waals surface area contributed by atoms with Gasteiger partial charge in [0.1, 0.15) is 5.82 Å². The first-order valence-corrected chi connectivity index (χ1v) is 12.0. The Balaban J connectivity index is 1.24.